The number of ether oxygens (including phenoxy) is 1. The van der Waals surface area contributed by atoms with E-state index in [9.17, 15) is 19.2 Å². The molecule has 0 radical (unpaired) electrons. The minimum Gasteiger partial charge on any atom is -0.452 e. The molecule has 1 N–H and O–H groups in total. The highest BCUT2D eigenvalue weighted by atomic mass is 79.9. The second-order valence-electron chi connectivity index (χ2n) is 10.9. The molecular formula is C34H25BrN2O5. The van der Waals surface area contributed by atoms with Crippen LogP contribution in [-0.4, -0.2) is 30.3 Å². The fraction of sp³-hybridized carbons (Fsp3) is 0.176. The summed E-state index contributed by atoms with van der Waals surface area (Å²) in [6.45, 7) is 1.38. The van der Waals surface area contributed by atoms with E-state index in [-0.39, 0.29) is 34.9 Å². The lowest BCUT2D eigenvalue weighted by Crippen LogP contribution is -2.41. The number of anilines is 2. The van der Waals surface area contributed by atoms with Crippen LogP contribution in [0.1, 0.15) is 50.0 Å². The third kappa shape index (κ3) is 4.01. The molecule has 1 aliphatic heterocycles. The fourth-order valence-corrected chi connectivity index (χ4v) is 7.13. The summed E-state index contributed by atoms with van der Waals surface area (Å²) in [7, 11) is 0. The summed E-state index contributed by atoms with van der Waals surface area (Å²) in [5.74, 6) is -3.60. The summed E-state index contributed by atoms with van der Waals surface area (Å²) in [5, 5.41) is 2.71. The van der Waals surface area contributed by atoms with E-state index >= 15 is 0 Å². The van der Waals surface area contributed by atoms with E-state index in [1.165, 1.54) is 6.07 Å². The number of aryl methyl sites for hydroxylation is 1. The molecule has 1 heterocycles. The van der Waals surface area contributed by atoms with Crippen LogP contribution in [0.25, 0.3) is 0 Å². The van der Waals surface area contributed by atoms with Crippen molar-refractivity contribution in [3.63, 3.8) is 0 Å². The molecule has 1 fully saturated rings. The van der Waals surface area contributed by atoms with Gasteiger partial charge in [-0.2, -0.15) is 0 Å². The van der Waals surface area contributed by atoms with E-state index in [4.69, 9.17) is 4.74 Å². The van der Waals surface area contributed by atoms with Crippen molar-refractivity contribution in [2.24, 2.45) is 11.8 Å². The molecule has 42 heavy (non-hydrogen) atoms. The van der Waals surface area contributed by atoms with Crippen LogP contribution >= 0.6 is 15.9 Å². The molecule has 208 valence electrons. The van der Waals surface area contributed by atoms with Gasteiger partial charge in [0, 0.05) is 22.0 Å². The number of halogens is 1. The average Bonchev–Trinajstić information content (AvgIpc) is 3.27. The van der Waals surface area contributed by atoms with E-state index in [1.54, 1.807) is 30.3 Å². The van der Waals surface area contributed by atoms with Gasteiger partial charge in [-0.1, -0.05) is 76.6 Å². The monoisotopic (exact) mass is 620 g/mol. The Bertz CT molecular complexity index is 1700. The molecule has 0 aromatic heterocycles. The highest BCUT2D eigenvalue weighted by molar-refractivity contribution is 9.10. The second kappa shape index (κ2) is 10.1. The Balaban J connectivity index is 1.17. The summed E-state index contributed by atoms with van der Waals surface area (Å²) in [6, 6.07) is 27.8. The molecule has 3 aliphatic carbocycles. The van der Waals surface area contributed by atoms with Crippen LogP contribution in [0, 0.1) is 18.8 Å². The molecule has 3 amide bonds. The van der Waals surface area contributed by atoms with E-state index in [0.717, 1.165) is 37.2 Å². The van der Waals surface area contributed by atoms with Crippen molar-refractivity contribution < 1.29 is 23.9 Å². The third-order valence-corrected chi connectivity index (χ3v) is 9.48. The van der Waals surface area contributed by atoms with Gasteiger partial charge in [-0.05, 0) is 65.1 Å². The Kier molecular flexibility index (Phi) is 6.31. The first-order chi connectivity index (χ1) is 20.3. The Labute approximate surface area is 250 Å². The van der Waals surface area contributed by atoms with Crippen LogP contribution < -0.4 is 10.2 Å². The third-order valence-electron chi connectivity index (χ3n) is 8.59. The summed E-state index contributed by atoms with van der Waals surface area (Å²) in [4.78, 5) is 55.2. The molecule has 4 aromatic carbocycles. The minimum atomic E-state index is -0.794. The van der Waals surface area contributed by atoms with Gasteiger partial charge in [-0.25, -0.2) is 9.69 Å². The number of benzene rings is 4. The lowest BCUT2D eigenvalue weighted by Gasteiger charge is -2.45. The van der Waals surface area contributed by atoms with E-state index in [0.29, 0.717) is 5.69 Å². The number of hydrogen-bond acceptors (Lipinski definition) is 5. The highest BCUT2D eigenvalue weighted by Gasteiger charge is 2.62. The van der Waals surface area contributed by atoms with E-state index in [1.807, 2.05) is 61.5 Å². The molecule has 8 heteroatoms. The first-order valence-electron chi connectivity index (χ1n) is 13.7. The standard InChI is InChI=1S/C34H25BrN2O5/c1-18-16-19(14-15-25(18)35)36-27(38)17-42-34(41)24-12-6-7-13-26(24)37-32(39)30-28-20-8-2-3-9-21(20)29(31(30)33(37)40)23-11-5-4-10-22(23)28/h2-16,28-31H,17H2,1H3,(H,36,38)/t28?,29?,30-,31-/m1/s1. The first kappa shape index (κ1) is 26.3. The van der Waals surface area contributed by atoms with Crippen molar-refractivity contribution >= 4 is 51.0 Å². The average molecular weight is 621 g/mol. The van der Waals surface area contributed by atoms with Gasteiger partial charge in [-0.3, -0.25) is 14.4 Å². The number of esters is 1. The predicted octanol–water partition coefficient (Wildman–Crippen LogP) is 5.95. The molecule has 1 saturated heterocycles. The molecule has 0 spiro atoms. The van der Waals surface area contributed by atoms with Crippen LogP contribution in [0.4, 0.5) is 11.4 Å². The Morgan fingerprint density at radius 2 is 1.31 bits per heavy atom. The lowest BCUT2D eigenvalue weighted by molar-refractivity contribution is -0.122. The van der Waals surface area contributed by atoms with Crippen LogP contribution in [0.2, 0.25) is 0 Å². The molecule has 7 nitrogen and oxygen atoms in total. The summed E-state index contributed by atoms with van der Waals surface area (Å²) < 4.78 is 6.26. The van der Waals surface area contributed by atoms with Gasteiger partial charge in [0.05, 0.1) is 23.1 Å². The zero-order valence-electron chi connectivity index (χ0n) is 22.5. The first-order valence-corrected chi connectivity index (χ1v) is 14.5. The molecule has 0 saturated carbocycles. The summed E-state index contributed by atoms with van der Waals surface area (Å²) in [5.41, 5.74) is 6.03. The molecule has 2 atom stereocenters. The van der Waals surface area contributed by atoms with Crippen molar-refractivity contribution in [3.8, 4) is 0 Å². The van der Waals surface area contributed by atoms with Gasteiger partial charge in [0.25, 0.3) is 5.91 Å². The second-order valence-corrected chi connectivity index (χ2v) is 11.7. The number of rotatable bonds is 5. The predicted molar refractivity (Wildman–Crippen MR) is 160 cm³/mol. The fourth-order valence-electron chi connectivity index (χ4n) is 6.88. The van der Waals surface area contributed by atoms with Gasteiger partial charge >= 0.3 is 5.97 Å². The van der Waals surface area contributed by atoms with Crippen LogP contribution in [0.15, 0.2) is 95.5 Å². The van der Waals surface area contributed by atoms with Gasteiger partial charge in [0.15, 0.2) is 6.61 Å². The Morgan fingerprint density at radius 3 is 1.86 bits per heavy atom. The maximum atomic E-state index is 14.1. The number of nitrogens with one attached hydrogen (secondary N) is 1. The molecular weight excluding hydrogens is 596 g/mol. The van der Waals surface area contributed by atoms with Crippen LogP contribution in [0.3, 0.4) is 0 Å². The number of para-hydroxylation sites is 1. The lowest BCUT2D eigenvalue weighted by atomic mass is 9.55. The van der Waals surface area contributed by atoms with Gasteiger partial charge in [0.1, 0.15) is 0 Å². The maximum Gasteiger partial charge on any atom is 0.340 e. The normalized spacial score (nSPS) is 21.4. The Hall–Kier alpha value is -4.56. The minimum absolute atomic E-state index is 0.0486. The number of hydrogen-bond donors (Lipinski definition) is 1. The van der Waals surface area contributed by atoms with Gasteiger partial charge in [-0.15, -0.1) is 0 Å². The number of imide groups is 1. The van der Waals surface area contributed by atoms with Gasteiger partial charge in [0.2, 0.25) is 11.8 Å². The molecule has 4 aliphatic rings. The van der Waals surface area contributed by atoms with Crippen molar-refractivity contribution in [1.82, 2.24) is 0 Å². The molecule has 2 bridgehead atoms. The number of carbonyl (C=O) groups is 4. The molecule has 4 aromatic rings. The quantitative estimate of drug-likeness (QED) is 0.220. The van der Waals surface area contributed by atoms with Crippen molar-refractivity contribution in [1.29, 1.82) is 0 Å². The number of amides is 3. The zero-order valence-corrected chi connectivity index (χ0v) is 24.1. The largest absolute Gasteiger partial charge is 0.452 e. The maximum absolute atomic E-state index is 14.1. The topological polar surface area (TPSA) is 92.8 Å². The van der Waals surface area contributed by atoms with Crippen LogP contribution in [-0.2, 0) is 19.1 Å². The number of nitrogens with zero attached hydrogens (tertiary/aromatic N) is 1. The Morgan fingerprint density at radius 1 is 0.786 bits per heavy atom. The van der Waals surface area contributed by atoms with Crippen molar-refractivity contribution in [2.45, 2.75) is 18.8 Å². The molecule has 8 rings (SSSR count). The van der Waals surface area contributed by atoms with Crippen molar-refractivity contribution in [3.05, 3.63) is 129 Å². The zero-order chi connectivity index (χ0) is 29.1. The van der Waals surface area contributed by atoms with E-state index < -0.39 is 30.3 Å². The molecule has 0 unspecified atom stereocenters. The van der Waals surface area contributed by atoms with Gasteiger partial charge < -0.3 is 10.1 Å². The number of carbonyl (C=O) groups excluding carboxylic acids is 4. The van der Waals surface area contributed by atoms with E-state index in [2.05, 4.69) is 21.2 Å². The highest BCUT2D eigenvalue weighted by Crippen LogP contribution is 2.61. The smallest absolute Gasteiger partial charge is 0.340 e. The SMILES string of the molecule is Cc1cc(NC(=O)COC(=O)c2ccccc2N2C(=O)[C@@H]3C4c5ccccc5C(c5ccccc54)[C@H]3C2=O)ccc1Br. The summed E-state index contributed by atoms with van der Waals surface area (Å²) >= 11 is 3.43. The van der Waals surface area contributed by atoms with Crippen molar-refractivity contribution in [2.75, 3.05) is 16.8 Å². The summed E-state index contributed by atoms with van der Waals surface area (Å²) in [6.07, 6.45) is 0. The van der Waals surface area contributed by atoms with Crippen LogP contribution in [0.5, 0.6) is 0 Å².